The molecule has 3 rings (SSSR count). The van der Waals surface area contributed by atoms with Gasteiger partial charge in [0.2, 0.25) is 0 Å². The summed E-state index contributed by atoms with van der Waals surface area (Å²) in [6.07, 6.45) is 2.72. The highest BCUT2D eigenvalue weighted by Gasteiger charge is 2.51. The van der Waals surface area contributed by atoms with Gasteiger partial charge in [-0.15, -0.1) is 0 Å². The average Bonchev–Trinajstić information content (AvgIpc) is 2.77. The summed E-state index contributed by atoms with van der Waals surface area (Å²) in [5.74, 6) is -0.764. The summed E-state index contributed by atoms with van der Waals surface area (Å²) in [6.45, 7) is 3.76. The molecule has 1 aromatic heterocycles. The van der Waals surface area contributed by atoms with E-state index in [-0.39, 0.29) is 18.2 Å². The third kappa shape index (κ3) is 2.43. The number of hydrogen-bond donors (Lipinski definition) is 1. The molecule has 0 saturated carbocycles. The molecule has 0 aliphatic carbocycles. The number of ketones is 1. The first-order valence-electron chi connectivity index (χ1n) is 7.54. The number of hydrogen-bond acceptors (Lipinski definition) is 4. The quantitative estimate of drug-likeness (QED) is 0.880. The zero-order valence-corrected chi connectivity index (χ0v) is 13.1. The van der Waals surface area contributed by atoms with Gasteiger partial charge in [0, 0.05) is 29.6 Å². The van der Waals surface area contributed by atoms with Gasteiger partial charge >= 0.3 is 0 Å². The highest BCUT2D eigenvalue weighted by atomic mass is 16.3. The largest absolute Gasteiger partial charge is 0.375 e. The lowest BCUT2D eigenvalue weighted by molar-refractivity contribution is -0.136. The van der Waals surface area contributed by atoms with Crippen LogP contribution in [-0.4, -0.2) is 27.8 Å². The molecule has 2 heterocycles. The fourth-order valence-electron chi connectivity index (χ4n) is 3.00. The summed E-state index contributed by atoms with van der Waals surface area (Å²) >= 11 is 0. The van der Waals surface area contributed by atoms with Crippen molar-refractivity contribution in [1.82, 2.24) is 4.98 Å². The van der Waals surface area contributed by atoms with E-state index in [1.54, 1.807) is 41.4 Å². The molecule has 0 radical (unpaired) electrons. The second-order valence-electron chi connectivity index (χ2n) is 5.99. The van der Waals surface area contributed by atoms with Gasteiger partial charge in [-0.3, -0.25) is 14.6 Å². The summed E-state index contributed by atoms with van der Waals surface area (Å²) in [5, 5.41) is 11.0. The van der Waals surface area contributed by atoms with Crippen molar-refractivity contribution in [2.75, 3.05) is 4.90 Å². The van der Waals surface area contributed by atoms with Crippen LogP contribution in [0, 0.1) is 0 Å². The van der Waals surface area contributed by atoms with Gasteiger partial charge in [-0.05, 0) is 32.0 Å². The first kappa shape index (κ1) is 15.4. The predicted octanol–water partition coefficient (Wildman–Crippen LogP) is 2.30. The van der Waals surface area contributed by atoms with E-state index < -0.39 is 11.5 Å². The number of pyridine rings is 1. The Hall–Kier alpha value is -2.53. The Morgan fingerprint density at radius 3 is 2.65 bits per heavy atom. The number of Topliss-reactive ketones (excluding diaryl/α,β-unsaturated/α-hetero) is 1. The molecule has 0 fully saturated rings. The molecule has 1 aromatic carbocycles. The third-order valence-electron chi connectivity index (χ3n) is 4.10. The molecule has 0 bridgehead atoms. The minimum Gasteiger partial charge on any atom is -0.375 e. The number of amides is 1. The number of carbonyl (C=O) groups is 2. The Morgan fingerprint density at radius 1 is 1.26 bits per heavy atom. The van der Waals surface area contributed by atoms with Crippen LogP contribution in [0.2, 0.25) is 0 Å². The van der Waals surface area contributed by atoms with Crippen molar-refractivity contribution < 1.29 is 14.7 Å². The van der Waals surface area contributed by atoms with Gasteiger partial charge in [0.15, 0.2) is 11.4 Å². The molecule has 23 heavy (non-hydrogen) atoms. The van der Waals surface area contributed by atoms with Crippen LogP contribution in [-0.2, 0) is 10.4 Å². The maximum atomic E-state index is 12.8. The normalized spacial score (nSPS) is 20.0. The molecule has 1 aliphatic heterocycles. The van der Waals surface area contributed by atoms with Gasteiger partial charge < -0.3 is 10.0 Å². The van der Waals surface area contributed by atoms with Crippen LogP contribution in [0.1, 0.15) is 36.2 Å². The van der Waals surface area contributed by atoms with Crippen LogP contribution in [0.4, 0.5) is 5.69 Å². The highest BCUT2D eigenvalue weighted by molar-refractivity contribution is 6.10. The lowest BCUT2D eigenvalue weighted by Gasteiger charge is -2.25. The summed E-state index contributed by atoms with van der Waals surface area (Å²) in [5.41, 5.74) is -0.299. The van der Waals surface area contributed by atoms with Crippen LogP contribution in [0.15, 0.2) is 48.8 Å². The summed E-state index contributed by atoms with van der Waals surface area (Å²) in [4.78, 5) is 30.7. The Kier molecular flexibility index (Phi) is 3.74. The molecule has 0 spiro atoms. The molecule has 1 amide bonds. The Morgan fingerprint density at radius 2 is 2.00 bits per heavy atom. The van der Waals surface area contributed by atoms with Crippen LogP contribution >= 0.6 is 0 Å². The number of anilines is 1. The maximum absolute atomic E-state index is 12.8. The fourth-order valence-corrected chi connectivity index (χ4v) is 3.00. The van der Waals surface area contributed by atoms with Gasteiger partial charge in [0.25, 0.3) is 5.91 Å². The predicted molar refractivity (Wildman–Crippen MR) is 86.1 cm³/mol. The molecular weight excluding hydrogens is 292 g/mol. The van der Waals surface area contributed by atoms with E-state index in [1.807, 2.05) is 19.9 Å². The van der Waals surface area contributed by atoms with Gasteiger partial charge in [-0.2, -0.15) is 0 Å². The Balaban J connectivity index is 2.01. The smallest absolute Gasteiger partial charge is 0.264 e. The van der Waals surface area contributed by atoms with Crippen molar-refractivity contribution in [3.05, 3.63) is 59.9 Å². The minimum atomic E-state index is -1.83. The summed E-state index contributed by atoms with van der Waals surface area (Å²) in [6, 6.07) is 10.2. The number of rotatable bonds is 4. The van der Waals surface area contributed by atoms with Gasteiger partial charge in [0.05, 0.1) is 12.1 Å². The second-order valence-corrected chi connectivity index (χ2v) is 5.99. The highest BCUT2D eigenvalue weighted by Crippen LogP contribution is 2.43. The summed E-state index contributed by atoms with van der Waals surface area (Å²) in [7, 11) is 0. The first-order chi connectivity index (χ1) is 10.9. The van der Waals surface area contributed by atoms with Crippen LogP contribution in [0.5, 0.6) is 0 Å². The standard InChI is InChI=1S/C18H18N2O3/c1-12(2)20-15-8-4-3-7-14(15)18(23,17(20)22)10-16(21)13-6-5-9-19-11-13/h3-9,11-12,23H,10H2,1-2H3. The SMILES string of the molecule is CC(C)N1C(=O)C(O)(CC(=O)c2cccnc2)c2ccccc21. The van der Waals surface area contributed by atoms with Crippen molar-refractivity contribution >= 4 is 17.4 Å². The summed E-state index contributed by atoms with van der Waals surface area (Å²) < 4.78 is 0. The molecule has 118 valence electrons. The maximum Gasteiger partial charge on any atom is 0.264 e. The number of benzene rings is 1. The van der Waals surface area contributed by atoms with Crippen LogP contribution < -0.4 is 4.90 Å². The van der Waals surface area contributed by atoms with Gasteiger partial charge in [0.1, 0.15) is 0 Å². The fraction of sp³-hybridized carbons (Fsp3) is 0.278. The molecule has 2 aromatic rings. The van der Waals surface area contributed by atoms with E-state index in [2.05, 4.69) is 4.98 Å². The van der Waals surface area contributed by atoms with E-state index >= 15 is 0 Å². The number of aliphatic hydroxyl groups is 1. The van der Waals surface area contributed by atoms with Crippen molar-refractivity contribution in [1.29, 1.82) is 0 Å². The molecule has 1 unspecified atom stereocenters. The monoisotopic (exact) mass is 310 g/mol. The lowest BCUT2D eigenvalue weighted by atomic mass is 9.88. The first-order valence-corrected chi connectivity index (χ1v) is 7.54. The van der Waals surface area contributed by atoms with E-state index in [0.29, 0.717) is 16.8 Å². The van der Waals surface area contributed by atoms with Gasteiger partial charge in [-0.1, -0.05) is 18.2 Å². The minimum absolute atomic E-state index is 0.105. The van der Waals surface area contributed by atoms with Crippen molar-refractivity contribution in [3.63, 3.8) is 0 Å². The molecule has 0 saturated heterocycles. The van der Waals surface area contributed by atoms with E-state index in [4.69, 9.17) is 0 Å². The molecule has 5 heteroatoms. The molecule has 1 atom stereocenters. The Bertz CT molecular complexity index is 758. The van der Waals surface area contributed by atoms with Crippen molar-refractivity contribution in [2.45, 2.75) is 31.9 Å². The van der Waals surface area contributed by atoms with Gasteiger partial charge in [-0.25, -0.2) is 0 Å². The number of para-hydroxylation sites is 1. The second kappa shape index (κ2) is 5.59. The van der Waals surface area contributed by atoms with Crippen LogP contribution in [0.25, 0.3) is 0 Å². The molecule has 1 N–H and O–H groups in total. The zero-order valence-electron chi connectivity index (χ0n) is 13.1. The van der Waals surface area contributed by atoms with Crippen LogP contribution in [0.3, 0.4) is 0 Å². The van der Waals surface area contributed by atoms with Crippen molar-refractivity contribution in [3.8, 4) is 0 Å². The number of nitrogens with zero attached hydrogens (tertiary/aromatic N) is 2. The molecule has 1 aliphatic rings. The molecular formula is C18H18N2O3. The lowest BCUT2D eigenvalue weighted by Crippen LogP contribution is -2.44. The average molecular weight is 310 g/mol. The van der Waals surface area contributed by atoms with E-state index in [9.17, 15) is 14.7 Å². The third-order valence-corrected chi connectivity index (χ3v) is 4.10. The zero-order chi connectivity index (χ0) is 16.6. The van der Waals surface area contributed by atoms with E-state index in [0.717, 1.165) is 0 Å². The number of fused-ring (bicyclic) bond motifs is 1. The topological polar surface area (TPSA) is 70.5 Å². The number of aromatic nitrogens is 1. The van der Waals surface area contributed by atoms with Crippen molar-refractivity contribution in [2.24, 2.45) is 0 Å². The molecule has 5 nitrogen and oxygen atoms in total. The Labute approximate surface area is 134 Å². The van der Waals surface area contributed by atoms with E-state index in [1.165, 1.54) is 6.20 Å². The number of carbonyl (C=O) groups excluding carboxylic acids is 2.